The third kappa shape index (κ3) is 4.55. The van der Waals surface area contributed by atoms with E-state index in [0.717, 1.165) is 16.8 Å². The van der Waals surface area contributed by atoms with E-state index in [1.54, 1.807) is 16.8 Å². The van der Waals surface area contributed by atoms with Gasteiger partial charge in [-0.1, -0.05) is 54.1 Å². The van der Waals surface area contributed by atoms with Crippen molar-refractivity contribution in [2.45, 2.75) is 25.0 Å². The van der Waals surface area contributed by atoms with Gasteiger partial charge in [-0.2, -0.15) is 5.10 Å². The van der Waals surface area contributed by atoms with Crippen LogP contribution < -0.4 is 0 Å². The fourth-order valence-electron chi connectivity index (χ4n) is 2.64. The first-order chi connectivity index (χ1) is 12.0. The number of nitrogens with zero attached hydrogens (tertiary/aromatic N) is 2. The maximum absolute atomic E-state index is 13.2. The van der Waals surface area contributed by atoms with Gasteiger partial charge < -0.3 is 0 Å². The number of hydrogen-bond acceptors (Lipinski definition) is 2. The SMILES string of the molecule is Cc1nn(Cc2ccccc2)c(Cl)c1C[S@@](=O)Cc1cccc(F)c1. The molecule has 0 aliphatic rings. The number of halogens is 2. The molecule has 2 aromatic carbocycles. The highest BCUT2D eigenvalue weighted by Crippen LogP contribution is 2.23. The molecule has 0 aliphatic carbocycles. The van der Waals surface area contributed by atoms with E-state index >= 15 is 0 Å². The van der Waals surface area contributed by atoms with Crippen molar-refractivity contribution < 1.29 is 8.60 Å². The van der Waals surface area contributed by atoms with Crippen LogP contribution in [0.3, 0.4) is 0 Å². The highest BCUT2D eigenvalue weighted by Gasteiger charge is 2.16. The average molecular weight is 377 g/mol. The van der Waals surface area contributed by atoms with E-state index in [-0.39, 0.29) is 11.6 Å². The van der Waals surface area contributed by atoms with Gasteiger partial charge in [0.05, 0.1) is 18.0 Å². The standard InChI is InChI=1S/C19H18ClFN2OS/c1-14-18(13-25(24)12-16-8-5-9-17(21)10-16)19(20)23(22-14)11-15-6-3-2-4-7-15/h2-10H,11-13H2,1H3/t25-/m0/s1. The van der Waals surface area contributed by atoms with Gasteiger partial charge in [-0.3, -0.25) is 4.21 Å². The van der Waals surface area contributed by atoms with Crippen LogP contribution in [0.25, 0.3) is 0 Å². The van der Waals surface area contributed by atoms with E-state index in [2.05, 4.69) is 5.10 Å². The van der Waals surface area contributed by atoms with Gasteiger partial charge >= 0.3 is 0 Å². The Morgan fingerprint density at radius 3 is 2.52 bits per heavy atom. The molecule has 1 atom stereocenters. The highest BCUT2D eigenvalue weighted by atomic mass is 35.5. The van der Waals surface area contributed by atoms with E-state index in [1.165, 1.54) is 12.1 Å². The maximum atomic E-state index is 13.2. The molecule has 1 heterocycles. The molecular formula is C19H18ClFN2OS. The Morgan fingerprint density at radius 1 is 1.08 bits per heavy atom. The second-order valence-corrected chi connectivity index (χ2v) is 7.67. The van der Waals surface area contributed by atoms with Crippen LogP contribution in [0.15, 0.2) is 54.6 Å². The third-order valence-electron chi connectivity index (χ3n) is 3.88. The lowest BCUT2D eigenvalue weighted by molar-refractivity contribution is 0.626. The normalized spacial score (nSPS) is 12.3. The number of aryl methyl sites for hydroxylation is 1. The van der Waals surface area contributed by atoms with Crippen molar-refractivity contribution >= 4 is 22.4 Å². The van der Waals surface area contributed by atoms with Crippen molar-refractivity contribution in [3.63, 3.8) is 0 Å². The minimum Gasteiger partial charge on any atom is -0.259 e. The molecule has 0 fully saturated rings. The Balaban J connectivity index is 1.73. The number of hydrogen-bond donors (Lipinski definition) is 0. The van der Waals surface area contributed by atoms with Crippen LogP contribution in [0.5, 0.6) is 0 Å². The van der Waals surface area contributed by atoms with Crippen LogP contribution in [0.4, 0.5) is 4.39 Å². The first kappa shape index (κ1) is 17.8. The summed E-state index contributed by atoms with van der Waals surface area (Å²) in [5.41, 5.74) is 3.36. The van der Waals surface area contributed by atoms with Crippen LogP contribution in [0, 0.1) is 12.7 Å². The third-order valence-corrected chi connectivity index (χ3v) is 5.57. The molecule has 0 amide bonds. The molecule has 0 aliphatic heterocycles. The zero-order valence-electron chi connectivity index (χ0n) is 13.8. The summed E-state index contributed by atoms with van der Waals surface area (Å²) >= 11 is 6.46. The van der Waals surface area contributed by atoms with E-state index < -0.39 is 10.8 Å². The summed E-state index contributed by atoms with van der Waals surface area (Å²) < 4.78 is 27.4. The molecule has 3 aromatic rings. The average Bonchev–Trinajstić information content (AvgIpc) is 2.83. The van der Waals surface area contributed by atoms with Crippen molar-refractivity contribution in [1.82, 2.24) is 9.78 Å². The Bertz CT molecular complexity index is 896. The van der Waals surface area contributed by atoms with Crippen LogP contribution in [0.2, 0.25) is 5.15 Å². The number of aromatic nitrogens is 2. The van der Waals surface area contributed by atoms with E-state index in [9.17, 15) is 8.60 Å². The van der Waals surface area contributed by atoms with Gasteiger partial charge in [0.2, 0.25) is 0 Å². The lowest BCUT2D eigenvalue weighted by atomic mass is 10.2. The topological polar surface area (TPSA) is 34.9 Å². The summed E-state index contributed by atoms with van der Waals surface area (Å²) in [6.07, 6.45) is 0. The Morgan fingerprint density at radius 2 is 1.80 bits per heavy atom. The fraction of sp³-hybridized carbons (Fsp3) is 0.211. The van der Waals surface area contributed by atoms with Gasteiger partial charge in [-0.05, 0) is 30.2 Å². The minimum atomic E-state index is -1.19. The molecule has 3 rings (SSSR count). The predicted octanol–water partition coefficient (Wildman–Crippen LogP) is 4.48. The van der Waals surface area contributed by atoms with Crippen LogP contribution in [0.1, 0.15) is 22.4 Å². The molecule has 1 aromatic heterocycles. The van der Waals surface area contributed by atoms with Gasteiger partial charge in [-0.15, -0.1) is 0 Å². The molecule has 0 saturated heterocycles. The molecule has 0 saturated carbocycles. The lowest BCUT2D eigenvalue weighted by Crippen LogP contribution is -2.03. The fourth-order valence-corrected chi connectivity index (χ4v) is 4.34. The molecule has 25 heavy (non-hydrogen) atoms. The van der Waals surface area contributed by atoms with Gasteiger partial charge in [-0.25, -0.2) is 9.07 Å². The second kappa shape index (κ2) is 7.93. The maximum Gasteiger partial charge on any atom is 0.131 e. The van der Waals surface area contributed by atoms with Crippen molar-refractivity contribution in [2.75, 3.05) is 0 Å². The van der Waals surface area contributed by atoms with Crippen molar-refractivity contribution in [3.8, 4) is 0 Å². The Hall–Kier alpha value is -1.98. The Kier molecular flexibility index (Phi) is 5.66. The lowest BCUT2D eigenvalue weighted by Gasteiger charge is -2.05. The van der Waals surface area contributed by atoms with Crippen LogP contribution in [-0.4, -0.2) is 14.0 Å². The first-order valence-corrected chi connectivity index (χ1v) is 9.74. The van der Waals surface area contributed by atoms with E-state index in [0.29, 0.717) is 23.0 Å². The van der Waals surface area contributed by atoms with Crippen molar-refractivity contribution in [2.24, 2.45) is 0 Å². The summed E-state index contributed by atoms with van der Waals surface area (Å²) in [5.74, 6) is 0.271. The molecule has 0 spiro atoms. The van der Waals surface area contributed by atoms with Crippen LogP contribution >= 0.6 is 11.6 Å². The zero-order chi connectivity index (χ0) is 17.8. The number of benzene rings is 2. The second-order valence-electron chi connectivity index (χ2n) is 5.86. The molecular weight excluding hydrogens is 359 g/mol. The first-order valence-electron chi connectivity index (χ1n) is 7.88. The van der Waals surface area contributed by atoms with E-state index in [1.807, 2.05) is 37.3 Å². The monoisotopic (exact) mass is 376 g/mol. The summed E-state index contributed by atoms with van der Waals surface area (Å²) in [4.78, 5) is 0. The molecule has 0 N–H and O–H groups in total. The highest BCUT2D eigenvalue weighted by molar-refractivity contribution is 7.83. The molecule has 0 unspecified atom stereocenters. The van der Waals surface area contributed by atoms with Crippen molar-refractivity contribution in [3.05, 3.63) is 88.0 Å². The molecule has 6 heteroatoms. The smallest absolute Gasteiger partial charge is 0.131 e. The van der Waals surface area contributed by atoms with Gasteiger partial charge in [0.1, 0.15) is 11.0 Å². The summed E-state index contributed by atoms with van der Waals surface area (Å²) in [6.45, 7) is 2.43. The summed E-state index contributed by atoms with van der Waals surface area (Å²) in [7, 11) is -1.19. The molecule has 3 nitrogen and oxygen atoms in total. The summed E-state index contributed by atoms with van der Waals surface area (Å²) in [5, 5.41) is 4.98. The minimum absolute atomic E-state index is 0.289. The quantitative estimate of drug-likeness (QED) is 0.635. The zero-order valence-corrected chi connectivity index (χ0v) is 15.4. The van der Waals surface area contributed by atoms with Crippen LogP contribution in [-0.2, 0) is 28.9 Å². The molecule has 0 bridgehead atoms. The van der Waals surface area contributed by atoms with Gasteiger partial charge in [0.15, 0.2) is 0 Å². The molecule has 130 valence electrons. The Labute approximate surface area is 153 Å². The van der Waals surface area contributed by atoms with Crippen molar-refractivity contribution in [1.29, 1.82) is 0 Å². The van der Waals surface area contributed by atoms with E-state index in [4.69, 9.17) is 11.6 Å². The predicted molar refractivity (Wildman–Crippen MR) is 99.5 cm³/mol. The summed E-state index contributed by atoms with van der Waals surface area (Å²) in [6, 6.07) is 16.1. The number of rotatable bonds is 6. The largest absolute Gasteiger partial charge is 0.259 e. The molecule has 0 radical (unpaired) electrons. The van der Waals surface area contributed by atoms with Gasteiger partial charge in [0.25, 0.3) is 0 Å². The van der Waals surface area contributed by atoms with Gasteiger partial charge in [0, 0.05) is 22.1 Å².